The first-order valence-corrected chi connectivity index (χ1v) is 7.93. The number of aromatic nitrogens is 2. The molecule has 0 unspecified atom stereocenters. The second kappa shape index (κ2) is 6.23. The van der Waals surface area contributed by atoms with E-state index in [1.165, 1.54) is 12.1 Å². The van der Waals surface area contributed by atoms with Crippen LogP contribution >= 0.6 is 27.5 Å². The van der Waals surface area contributed by atoms with Gasteiger partial charge < -0.3 is 0 Å². The Morgan fingerprint density at radius 2 is 1.95 bits per heavy atom. The van der Waals surface area contributed by atoms with Crippen molar-refractivity contribution in [2.45, 2.75) is 6.42 Å². The summed E-state index contributed by atoms with van der Waals surface area (Å²) in [6, 6.07) is 14.5. The topological polar surface area (TPSA) is 17.8 Å². The van der Waals surface area contributed by atoms with E-state index in [4.69, 9.17) is 11.6 Å². The molecule has 0 radical (unpaired) electrons. The van der Waals surface area contributed by atoms with Crippen LogP contribution in [0.25, 0.3) is 11.3 Å². The molecule has 0 atom stereocenters. The first kappa shape index (κ1) is 15.3. The van der Waals surface area contributed by atoms with Crippen LogP contribution in [0.1, 0.15) is 11.3 Å². The first-order valence-electron chi connectivity index (χ1n) is 6.76. The van der Waals surface area contributed by atoms with Crippen LogP contribution in [0, 0.1) is 5.82 Å². The smallest absolute Gasteiger partial charge is 0.124 e. The van der Waals surface area contributed by atoms with E-state index in [1.54, 1.807) is 6.07 Å². The molecule has 0 saturated carbocycles. The van der Waals surface area contributed by atoms with Gasteiger partial charge in [-0.1, -0.05) is 51.8 Å². The number of rotatable bonds is 3. The third-order valence-corrected chi connectivity index (χ3v) is 4.51. The van der Waals surface area contributed by atoms with Crippen molar-refractivity contribution in [3.63, 3.8) is 0 Å². The molecule has 0 bridgehead atoms. The van der Waals surface area contributed by atoms with Crippen LogP contribution in [-0.2, 0) is 13.5 Å². The lowest BCUT2D eigenvalue weighted by Crippen LogP contribution is -1.96. The molecule has 0 aliphatic heterocycles. The van der Waals surface area contributed by atoms with Gasteiger partial charge in [-0.05, 0) is 29.8 Å². The van der Waals surface area contributed by atoms with Gasteiger partial charge in [-0.2, -0.15) is 5.10 Å². The molecule has 0 saturated heterocycles. The third kappa shape index (κ3) is 3.08. The summed E-state index contributed by atoms with van der Waals surface area (Å²) in [5.74, 6) is -0.330. The summed E-state index contributed by atoms with van der Waals surface area (Å²) in [5, 5.41) is 4.95. The van der Waals surface area contributed by atoms with Gasteiger partial charge in [-0.25, -0.2) is 4.39 Å². The molecule has 0 spiro atoms. The zero-order valence-electron chi connectivity index (χ0n) is 11.9. The number of hydrogen-bond donors (Lipinski definition) is 0. The Morgan fingerprint density at radius 1 is 1.18 bits per heavy atom. The molecular formula is C17H13BrClFN2. The number of halogens is 3. The highest BCUT2D eigenvalue weighted by Crippen LogP contribution is 2.29. The van der Waals surface area contributed by atoms with Crippen molar-refractivity contribution in [1.29, 1.82) is 0 Å². The molecule has 0 fully saturated rings. The zero-order chi connectivity index (χ0) is 15.7. The average molecular weight is 380 g/mol. The summed E-state index contributed by atoms with van der Waals surface area (Å²) in [4.78, 5) is 0. The van der Waals surface area contributed by atoms with Crippen LogP contribution in [0.3, 0.4) is 0 Å². The Hall–Kier alpha value is -1.65. The molecule has 112 valence electrons. The minimum Gasteiger partial charge on any atom is -0.268 e. The quantitative estimate of drug-likeness (QED) is 0.609. The van der Waals surface area contributed by atoms with Gasteiger partial charge in [0.1, 0.15) is 5.82 Å². The van der Waals surface area contributed by atoms with Crippen molar-refractivity contribution in [2.75, 3.05) is 0 Å². The van der Waals surface area contributed by atoms with E-state index in [2.05, 4.69) is 21.0 Å². The van der Waals surface area contributed by atoms with Crippen LogP contribution in [0.2, 0.25) is 5.02 Å². The predicted octanol–water partition coefficient (Wildman–Crippen LogP) is 5.23. The van der Waals surface area contributed by atoms with Crippen molar-refractivity contribution >= 4 is 27.5 Å². The van der Waals surface area contributed by atoms with Gasteiger partial charge >= 0.3 is 0 Å². The number of hydrogen-bond acceptors (Lipinski definition) is 1. The molecule has 5 heteroatoms. The van der Waals surface area contributed by atoms with Crippen molar-refractivity contribution in [2.24, 2.45) is 7.05 Å². The number of aryl methyl sites for hydroxylation is 1. The molecule has 3 aromatic rings. The van der Waals surface area contributed by atoms with E-state index in [1.807, 2.05) is 42.1 Å². The van der Waals surface area contributed by atoms with Gasteiger partial charge in [0.05, 0.1) is 11.4 Å². The van der Waals surface area contributed by atoms with E-state index in [0.29, 0.717) is 11.4 Å². The van der Waals surface area contributed by atoms with Gasteiger partial charge in [0.25, 0.3) is 0 Å². The van der Waals surface area contributed by atoms with Crippen molar-refractivity contribution in [3.8, 4) is 11.3 Å². The summed E-state index contributed by atoms with van der Waals surface area (Å²) >= 11 is 9.65. The van der Waals surface area contributed by atoms with Gasteiger partial charge in [-0.15, -0.1) is 0 Å². The van der Waals surface area contributed by atoms with Crippen LogP contribution in [0.4, 0.5) is 4.39 Å². The SMILES string of the molecule is Cn1nc(Cc2ccc(F)cc2Cl)cc1-c1ccccc1Br. The highest BCUT2D eigenvalue weighted by Gasteiger charge is 2.12. The molecular weight excluding hydrogens is 367 g/mol. The molecule has 22 heavy (non-hydrogen) atoms. The Balaban J connectivity index is 1.94. The highest BCUT2D eigenvalue weighted by atomic mass is 79.9. The van der Waals surface area contributed by atoms with E-state index < -0.39 is 0 Å². The Morgan fingerprint density at radius 3 is 2.68 bits per heavy atom. The Bertz CT molecular complexity index is 829. The zero-order valence-corrected chi connectivity index (χ0v) is 14.2. The lowest BCUT2D eigenvalue weighted by molar-refractivity contribution is 0.627. The second-order valence-corrected chi connectivity index (χ2v) is 6.30. The van der Waals surface area contributed by atoms with Crippen LogP contribution < -0.4 is 0 Å². The summed E-state index contributed by atoms with van der Waals surface area (Å²) in [5.41, 5.74) is 3.84. The minimum atomic E-state index is -0.330. The van der Waals surface area contributed by atoms with E-state index in [0.717, 1.165) is 27.0 Å². The van der Waals surface area contributed by atoms with Crippen molar-refractivity contribution < 1.29 is 4.39 Å². The average Bonchev–Trinajstić information content (AvgIpc) is 2.83. The molecule has 2 nitrogen and oxygen atoms in total. The van der Waals surface area contributed by atoms with Gasteiger partial charge in [0.2, 0.25) is 0 Å². The Kier molecular flexibility index (Phi) is 4.32. The molecule has 0 amide bonds. The highest BCUT2D eigenvalue weighted by molar-refractivity contribution is 9.10. The second-order valence-electron chi connectivity index (χ2n) is 5.04. The van der Waals surface area contributed by atoms with Crippen LogP contribution in [0.5, 0.6) is 0 Å². The first-order chi connectivity index (χ1) is 10.5. The van der Waals surface area contributed by atoms with Crippen molar-refractivity contribution in [3.05, 3.63) is 75.1 Å². The van der Waals surface area contributed by atoms with Crippen LogP contribution in [-0.4, -0.2) is 9.78 Å². The number of nitrogens with zero attached hydrogens (tertiary/aromatic N) is 2. The van der Waals surface area contributed by atoms with E-state index in [-0.39, 0.29) is 5.82 Å². The maximum Gasteiger partial charge on any atom is 0.124 e. The van der Waals surface area contributed by atoms with Crippen molar-refractivity contribution in [1.82, 2.24) is 9.78 Å². The lowest BCUT2D eigenvalue weighted by Gasteiger charge is -2.03. The standard InChI is InChI=1S/C17H13BrClFN2/c1-22-17(14-4-2-3-5-15(14)18)10-13(21-22)8-11-6-7-12(20)9-16(11)19/h2-7,9-10H,8H2,1H3. The summed E-state index contributed by atoms with van der Waals surface area (Å²) < 4.78 is 16.0. The molecule has 1 aromatic heterocycles. The molecule has 0 aliphatic carbocycles. The van der Waals surface area contributed by atoms with Gasteiger partial charge in [-0.3, -0.25) is 4.68 Å². The minimum absolute atomic E-state index is 0.330. The fourth-order valence-electron chi connectivity index (χ4n) is 2.39. The lowest BCUT2D eigenvalue weighted by atomic mass is 10.1. The maximum absolute atomic E-state index is 13.1. The predicted molar refractivity (Wildman–Crippen MR) is 90.6 cm³/mol. The van der Waals surface area contributed by atoms with Gasteiger partial charge in [0.15, 0.2) is 0 Å². The van der Waals surface area contributed by atoms with E-state index in [9.17, 15) is 4.39 Å². The molecule has 2 aromatic carbocycles. The van der Waals surface area contributed by atoms with Gasteiger partial charge in [0, 0.05) is 28.5 Å². The summed E-state index contributed by atoms with van der Waals surface area (Å²) in [6.07, 6.45) is 0.567. The largest absolute Gasteiger partial charge is 0.268 e. The normalized spacial score (nSPS) is 10.9. The molecule has 3 rings (SSSR count). The number of benzene rings is 2. The molecule has 0 N–H and O–H groups in total. The Labute approximate surface area is 141 Å². The summed E-state index contributed by atoms with van der Waals surface area (Å²) in [6.45, 7) is 0. The fraction of sp³-hybridized carbons (Fsp3) is 0.118. The summed E-state index contributed by atoms with van der Waals surface area (Å²) in [7, 11) is 1.91. The third-order valence-electron chi connectivity index (χ3n) is 3.47. The monoisotopic (exact) mass is 378 g/mol. The van der Waals surface area contributed by atoms with Crippen LogP contribution in [0.15, 0.2) is 53.0 Å². The maximum atomic E-state index is 13.1. The molecule has 0 aliphatic rings. The fourth-order valence-corrected chi connectivity index (χ4v) is 3.12. The molecule has 1 heterocycles. The van der Waals surface area contributed by atoms with E-state index >= 15 is 0 Å².